The van der Waals surface area contributed by atoms with E-state index in [1.54, 1.807) is 0 Å². The predicted octanol–water partition coefficient (Wildman–Crippen LogP) is 6.47. The second kappa shape index (κ2) is 9.06. The number of unbranched alkanes of at least 4 members (excludes halogenated alkanes) is 3. The Kier molecular flexibility index (Phi) is 6.12. The van der Waals surface area contributed by atoms with E-state index < -0.39 is 5.60 Å². The van der Waals surface area contributed by atoms with E-state index in [-0.39, 0.29) is 17.4 Å². The number of hydrogen-bond acceptors (Lipinski definition) is 4. The molecule has 2 aromatic carbocycles. The molecule has 0 heterocycles. The van der Waals surface area contributed by atoms with Crippen molar-refractivity contribution in [1.82, 2.24) is 0 Å². The SMILES string of the molecule is C[C@]12CC(c3ccc(OCCCCCCO)cc3)[C@@H]3c4ccc(O)cc4CC[C@H]3C13CCC2(O)CC3. The second-order valence-electron chi connectivity index (χ2n) is 12.4. The molecule has 0 spiro atoms. The Morgan fingerprint density at radius 2 is 1.69 bits per heavy atom. The molecule has 3 fully saturated rings. The van der Waals surface area contributed by atoms with Crippen molar-refractivity contribution in [3.8, 4) is 11.5 Å². The van der Waals surface area contributed by atoms with E-state index in [0.29, 0.717) is 30.1 Å². The number of aryl methyl sites for hydroxylation is 1. The molecule has 4 heteroatoms. The molecule has 3 saturated carbocycles. The lowest BCUT2D eigenvalue weighted by atomic mass is 9.45. The van der Waals surface area contributed by atoms with Crippen LogP contribution in [-0.4, -0.2) is 34.1 Å². The summed E-state index contributed by atoms with van der Waals surface area (Å²) in [5.41, 5.74) is 3.77. The molecule has 36 heavy (non-hydrogen) atoms. The fourth-order valence-corrected chi connectivity index (χ4v) is 9.27. The minimum Gasteiger partial charge on any atom is -0.508 e. The lowest BCUT2D eigenvalue weighted by Crippen LogP contribution is -2.54. The number of aromatic hydroxyl groups is 1. The largest absolute Gasteiger partial charge is 0.508 e. The molecular weight excluding hydrogens is 448 g/mol. The van der Waals surface area contributed by atoms with Gasteiger partial charge in [-0.25, -0.2) is 0 Å². The first kappa shape index (κ1) is 24.3. The summed E-state index contributed by atoms with van der Waals surface area (Å²) in [6.07, 6.45) is 11.4. The highest BCUT2D eigenvalue weighted by Gasteiger charge is 2.74. The van der Waals surface area contributed by atoms with Gasteiger partial charge in [0.1, 0.15) is 11.5 Å². The number of rotatable bonds is 8. The molecule has 0 aromatic heterocycles. The minimum absolute atomic E-state index is 0.0377. The average molecular weight is 491 g/mol. The average Bonchev–Trinajstić information content (AvgIpc) is 3.26. The van der Waals surface area contributed by atoms with Crippen LogP contribution in [0.1, 0.15) is 99.7 Å². The van der Waals surface area contributed by atoms with Gasteiger partial charge in [-0.1, -0.05) is 31.5 Å². The van der Waals surface area contributed by atoms with Crippen molar-refractivity contribution in [2.24, 2.45) is 16.7 Å². The first-order valence-corrected chi connectivity index (χ1v) is 14.3. The highest BCUT2D eigenvalue weighted by atomic mass is 16.5. The van der Waals surface area contributed by atoms with Crippen LogP contribution >= 0.6 is 0 Å². The van der Waals surface area contributed by atoms with Gasteiger partial charge < -0.3 is 20.1 Å². The van der Waals surface area contributed by atoms with Gasteiger partial charge in [0, 0.05) is 12.0 Å². The molecule has 0 amide bonds. The Hall–Kier alpha value is -2.04. The van der Waals surface area contributed by atoms with Crippen LogP contribution in [0, 0.1) is 16.7 Å². The third-order valence-corrected chi connectivity index (χ3v) is 11.1. The van der Waals surface area contributed by atoms with Crippen molar-refractivity contribution in [3.63, 3.8) is 0 Å². The van der Waals surface area contributed by atoms with Crippen LogP contribution in [0.4, 0.5) is 0 Å². The molecular formula is C32H42O4. The summed E-state index contributed by atoms with van der Waals surface area (Å²) in [6.45, 7) is 3.40. The van der Waals surface area contributed by atoms with Gasteiger partial charge in [-0.2, -0.15) is 0 Å². The van der Waals surface area contributed by atoms with E-state index >= 15 is 0 Å². The number of ether oxygens (including phenoxy) is 1. The van der Waals surface area contributed by atoms with Crippen LogP contribution in [0.3, 0.4) is 0 Å². The molecule has 4 aliphatic carbocycles. The standard InChI is InChI=1S/C32H42O4/c1-30-21-27(22-6-10-25(11-7-22)36-19-5-3-2-4-18-33)29-26-12-9-24(34)20-23(26)8-13-28(29)31(30)14-16-32(30,35)17-15-31/h6-7,9-12,20,27-29,33-35H,2-5,8,13-19,21H2,1H3/t27?,28-,29+,30+,31?,32?/m1/s1. The molecule has 1 unspecified atom stereocenters. The number of aliphatic hydroxyl groups is 2. The van der Waals surface area contributed by atoms with Gasteiger partial charge in [0.15, 0.2) is 0 Å². The number of aliphatic hydroxyl groups excluding tert-OH is 1. The fourth-order valence-electron chi connectivity index (χ4n) is 9.27. The first-order valence-electron chi connectivity index (χ1n) is 14.3. The van der Waals surface area contributed by atoms with Gasteiger partial charge in [0.2, 0.25) is 0 Å². The third kappa shape index (κ3) is 3.55. The monoisotopic (exact) mass is 490 g/mol. The smallest absolute Gasteiger partial charge is 0.119 e. The zero-order valence-corrected chi connectivity index (χ0v) is 21.7. The summed E-state index contributed by atoms with van der Waals surface area (Å²) in [7, 11) is 0. The van der Waals surface area contributed by atoms with Crippen molar-refractivity contribution in [2.75, 3.05) is 13.2 Å². The lowest BCUT2D eigenvalue weighted by Gasteiger charge is -2.59. The zero-order chi connectivity index (χ0) is 25.0. The quantitative estimate of drug-likeness (QED) is 0.371. The van der Waals surface area contributed by atoms with Gasteiger partial charge >= 0.3 is 0 Å². The van der Waals surface area contributed by atoms with Gasteiger partial charge in [-0.15, -0.1) is 0 Å². The second-order valence-corrected chi connectivity index (χ2v) is 12.4. The van der Waals surface area contributed by atoms with Crippen LogP contribution in [0.2, 0.25) is 0 Å². The van der Waals surface area contributed by atoms with Crippen LogP contribution < -0.4 is 4.74 Å². The predicted molar refractivity (Wildman–Crippen MR) is 141 cm³/mol. The summed E-state index contributed by atoms with van der Waals surface area (Å²) in [5, 5.41) is 31.0. The van der Waals surface area contributed by atoms with Crippen molar-refractivity contribution in [1.29, 1.82) is 0 Å². The van der Waals surface area contributed by atoms with Crippen LogP contribution in [-0.2, 0) is 6.42 Å². The Morgan fingerprint density at radius 3 is 2.44 bits per heavy atom. The Balaban J connectivity index is 1.30. The van der Waals surface area contributed by atoms with E-state index in [1.165, 1.54) is 16.7 Å². The van der Waals surface area contributed by atoms with Gasteiger partial charge in [-0.05, 0) is 128 Å². The normalized spacial score (nSPS) is 36.2. The topological polar surface area (TPSA) is 69.9 Å². The van der Waals surface area contributed by atoms with Crippen LogP contribution in [0.5, 0.6) is 11.5 Å². The lowest BCUT2D eigenvalue weighted by molar-refractivity contribution is -0.108. The van der Waals surface area contributed by atoms with E-state index in [0.717, 1.165) is 76.4 Å². The van der Waals surface area contributed by atoms with Gasteiger partial charge in [-0.3, -0.25) is 0 Å². The van der Waals surface area contributed by atoms with Crippen LogP contribution in [0.25, 0.3) is 0 Å². The van der Waals surface area contributed by atoms with E-state index in [1.807, 2.05) is 12.1 Å². The molecule has 0 saturated heterocycles. The minimum atomic E-state index is -0.523. The molecule has 0 radical (unpaired) electrons. The summed E-state index contributed by atoms with van der Waals surface area (Å²) in [4.78, 5) is 0. The molecule has 4 aliphatic rings. The maximum atomic E-state index is 11.8. The molecule has 2 aromatic rings. The highest BCUT2D eigenvalue weighted by molar-refractivity contribution is 5.45. The van der Waals surface area contributed by atoms with E-state index in [4.69, 9.17) is 9.84 Å². The van der Waals surface area contributed by atoms with Crippen molar-refractivity contribution in [3.05, 3.63) is 59.2 Å². The maximum Gasteiger partial charge on any atom is 0.119 e. The molecule has 194 valence electrons. The Morgan fingerprint density at radius 1 is 0.944 bits per heavy atom. The number of hydrogen-bond donors (Lipinski definition) is 3. The molecule has 6 rings (SSSR count). The van der Waals surface area contributed by atoms with Gasteiger partial charge in [0.05, 0.1) is 12.2 Å². The first-order chi connectivity index (χ1) is 17.4. The fraction of sp³-hybridized carbons (Fsp3) is 0.625. The molecule has 3 N–H and O–H groups in total. The third-order valence-electron chi connectivity index (χ3n) is 11.1. The zero-order valence-electron chi connectivity index (χ0n) is 21.7. The molecule has 2 bridgehead atoms. The number of phenolic OH excluding ortho intramolecular Hbond substituents is 1. The summed E-state index contributed by atoms with van der Waals surface area (Å²) in [6, 6.07) is 14.8. The highest BCUT2D eigenvalue weighted by Crippen LogP contribution is 2.79. The molecule has 4 nitrogen and oxygen atoms in total. The Bertz CT molecular complexity index is 1080. The van der Waals surface area contributed by atoms with E-state index in [2.05, 4.69) is 37.3 Å². The summed E-state index contributed by atoms with van der Waals surface area (Å²) < 4.78 is 6.02. The molecule has 0 aliphatic heterocycles. The summed E-state index contributed by atoms with van der Waals surface area (Å²) in [5.74, 6) is 2.65. The van der Waals surface area contributed by atoms with E-state index in [9.17, 15) is 10.2 Å². The number of benzene rings is 2. The van der Waals surface area contributed by atoms with Gasteiger partial charge in [0.25, 0.3) is 0 Å². The number of fused-ring (bicyclic) bond motifs is 3. The summed E-state index contributed by atoms with van der Waals surface area (Å²) >= 11 is 0. The van der Waals surface area contributed by atoms with Crippen LogP contribution in [0.15, 0.2) is 42.5 Å². The maximum absolute atomic E-state index is 11.8. The van der Waals surface area contributed by atoms with Crippen molar-refractivity contribution in [2.45, 2.75) is 95.0 Å². The molecule has 4 atom stereocenters. The van der Waals surface area contributed by atoms with Crippen molar-refractivity contribution >= 4 is 0 Å². The number of phenols is 1. The van der Waals surface area contributed by atoms with Crippen molar-refractivity contribution < 1.29 is 20.1 Å². The Labute approximate surface area is 215 Å².